The Morgan fingerprint density at radius 3 is 2.72 bits per heavy atom. The first kappa shape index (κ1) is 13.1. The minimum Gasteiger partial charge on any atom is -0.469 e. The van der Waals surface area contributed by atoms with Crippen LogP contribution in [-0.2, 0) is 16.1 Å². The first-order valence-corrected chi connectivity index (χ1v) is 6.56. The Labute approximate surface area is 109 Å². The van der Waals surface area contributed by atoms with Gasteiger partial charge in [0.1, 0.15) is 0 Å². The van der Waals surface area contributed by atoms with E-state index in [1.165, 1.54) is 12.7 Å². The highest BCUT2D eigenvalue weighted by molar-refractivity contribution is 5.72. The van der Waals surface area contributed by atoms with E-state index in [0.717, 1.165) is 25.9 Å². The summed E-state index contributed by atoms with van der Waals surface area (Å²) in [6.45, 7) is 4.13. The molecule has 1 aromatic carbocycles. The lowest BCUT2D eigenvalue weighted by Crippen LogP contribution is -2.42. The second-order valence-electron chi connectivity index (χ2n) is 5.05. The van der Waals surface area contributed by atoms with Crippen molar-refractivity contribution in [3.63, 3.8) is 0 Å². The highest BCUT2D eigenvalue weighted by Gasteiger charge is 2.30. The average Bonchev–Trinajstić information content (AvgIpc) is 2.41. The summed E-state index contributed by atoms with van der Waals surface area (Å²) in [5.74, 6) is 0.0261. The number of nitrogens with zero attached hydrogens (tertiary/aromatic N) is 1. The first-order valence-electron chi connectivity index (χ1n) is 6.56. The second-order valence-corrected chi connectivity index (χ2v) is 5.05. The van der Waals surface area contributed by atoms with Gasteiger partial charge in [0, 0.05) is 12.6 Å². The lowest BCUT2D eigenvalue weighted by atomic mass is 9.91. The van der Waals surface area contributed by atoms with Crippen LogP contribution in [0.3, 0.4) is 0 Å². The van der Waals surface area contributed by atoms with Gasteiger partial charge in [-0.1, -0.05) is 30.3 Å². The van der Waals surface area contributed by atoms with Crippen molar-refractivity contribution < 1.29 is 9.53 Å². The molecular formula is C15H21NO2. The molecule has 0 aromatic heterocycles. The zero-order valence-electron chi connectivity index (χ0n) is 11.1. The number of hydrogen-bond donors (Lipinski definition) is 0. The number of ether oxygens (including phenoxy) is 1. The molecular weight excluding hydrogens is 226 g/mol. The number of piperidine rings is 1. The highest BCUT2D eigenvalue weighted by Crippen LogP contribution is 2.25. The Morgan fingerprint density at radius 1 is 1.39 bits per heavy atom. The number of methoxy groups -OCH3 is 1. The SMILES string of the molecule is COC(=O)[C@@H]1CCN(Cc2ccccc2)[C@H](C)C1. The van der Waals surface area contributed by atoms with Gasteiger partial charge in [-0.3, -0.25) is 9.69 Å². The molecule has 3 heteroatoms. The molecule has 0 amide bonds. The Kier molecular flexibility index (Phi) is 4.37. The third-order valence-corrected chi connectivity index (χ3v) is 3.78. The van der Waals surface area contributed by atoms with Gasteiger partial charge in [-0.2, -0.15) is 0 Å². The fraction of sp³-hybridized carbons (Fsp3) is 0.533. The van der Waals surface area contributed by atoms with Crippen LogP contribution < -0.4 is 0 Å². The molecule has 1 saturated heterocycles. The Balaban J connectivity index is 1.92. The molecule has 0 bridgehead atoms. The molecule has 0 radical (unpaired) electrons. The van der Waals surface area contributed by atoms with E-state index in [1.807, 2.05) is 6.07 Å². The van der Waals surface area contributed by atoms with Crippen LogP contribution >= 0.6 is 0 Å². The molecule has 3 nitrogen and oxygen atoms in total. The summed E-state index contributed by atoms with van der Waals surface area (Å²) in [4.78, 5) is 14.0. The van der Waals surface area contributed by atoms with Crippen LogP contribution in [0.15, 0.2) is 30.3 Å². The summed E-state index contributed by atoms with van der Waals surface area (Å²) in [6, 6.07) is 10.9. The van der Waals surface area contributed by atoms with Crippen LogP contribution in [0.25, 0.3) is 0 Å². The molecule has 0 aliphatic carbocycles. The average molecular weight is 247 g/mol. The van der Waals surface area contributed by atoms with Gasteiger partial charge in [0.2, 0.25) is 0 Å². The van der Waals surface area contributed by atoms with Crippen molar-refractivity contribution in [3.05, 3.63) is 35.9 Å². The van der Waals surface area contributed by atoms with Gasteiger partial charge in [0.05, 0.1) is 13.0 Å². The predicted molar refractivity (Wildman–Crippen MR) is 71.1 cm³/mol. The summed E-state index contributed by atoms with van der Waals surface area (Å²) >= 11 is 0. The molecule has 1 aliphatic rings. The van der Waals surface area contributed by atoms with E-state index in [-0.39, 0.29) is 11.9 Å². The topological polar surface area (TPSA) is 29.5 Å². The van der Waals surface area contributed by atoms with Gasteiger partial charge >= 0.3 is 5.97 Å². The summed E-state index contributed by atoms with van der Waals surface area (Å²) in [5, 5.41) is 0. The predicted octanol–water partition coefficient (Wildman–Crippen LogP) is 2.46. The standard InChI is InChI=1S/C15H21NO2/c1-12-10-14(15(17)18-2)8-9-16(12)11-13-6-4-3-5-7-13/h3-7,12,14H,8-11H2,1-2H3/t12-,14-/m1/s1. The number of likely N-dealkylation sites (tertiary alicyclic amines) is 1. The molecule has 18 heavy (non-hydrogen) atoms. The summed E-state index contributed by atoms with van der Waals surface area (Å²) < 4.78 is 4.83. The molecule has 0 spiro atoms. The van der Waals surface area contributed by atoms with Crippen molar-refractivity contribution in [1.82, 2.24) is 4.90 Å². The molecule has 1 aliphatic heterocycles. The van der Waals surface area contributed by atoms with E-state index in [4.69, 9.17) is 4.74 Å². The van der Waals surface area contributed by atoms with Gasteiger partial charge in [-0.15, -0.1) is 0 Å². The zero-order valence-corrected chi connectivity index (χ0v) is 11.1. The van der Waals surface area contributed by atoms with E-state index >= 15 is 0 Å². The number of carbonyl (C=O) groups is 1. The molecule has 0 saturated carbocycles. The number of hydrogen-bond acceptors (Lipinski definition) is 3. The molecule has 1 fully saturated rings. The zero-order chi connectivity index (χ0) is 13.0. The first-order chi connectivity index (χ1) is 8.70. The monoisotopic (exact) mass is 247 g/mol. The minimum absolute atomic E-state index is 0.0544. The maximum atomic E-state index is 11.5. The van der Waals surface area contributed by atoms with Crippen LogP contribution in [0.5, 0.6) is 0 Å². The summed E-state index contributed by atoms with van der Waals surface area (Å²) in [7, 11) is 1.48. The molecule has 1 aromatic rings. The largest absolute Gasteiger partial charge is 0.469 e. The third-order valence-electron chi connectivity index (χ3n) is 3.78. The number of esters is 1. The normalized spacial score (nSPS) is 24.8. The Morgan fingerprint density at radius 2 is 2.11 bits per heavy atom. The smallest absolute Gasteiger partial charge is 0.308 e. The van der Waals surface area contributed by atoms with Crippen molar-refractivity contribution in [2.24, 2.45) is 5.92 Å². The lowest BCUT2D eigenvalue weighted by Gasteiger charge is -2.36. The molecule has 2 atom stereocenters. The van der Waals surface area contributed by atoms with Crippen molar-refractivity contribution in [2.75, 3.05) is 13.7 Å². The summed E-state index contributed by atoms with van der Waals surface area (Å²) in [5.41, 5.74) is 1.33. The van der Waals surface area contributed by atoms with Crippen molar-refractivity contribution in [3.8, 4) is 0 Å². The van der Waals surface area contributed by atoms with Gasteiger partial charge in [-0.05, 0) is 31.9 Å². The van der Waals surface area contributed by atoms with Gasteiger partial charge < -0.3 is 4.74 Å². The van der Waals surface area contributed by atoms with Crippen molar-refractivity contribution in [2.45, 2.75) is 32.4 Å². The number of carbonyl (C=O) groups excluding carboxylic acids is 1. The maximum Gasteiger partial charge on any atom is 0.308 e. The lowest BCUT2D eigenvalue weighted by molar-refractivity contribution is -0.147. The van der Waals surface area contributed by atoms with E-state index in [9.17, 15) is 4.79 Å². The number of benzene rings is 1. The van der Waals surface area contributed by atoms with Crippen LogP contribution in [-0.4, -0.2) is 30.6 Å². The van der Waals surface area contributed by atoms with Gasteiger partial charge in [-0.25, -0.2) is 0 Å². The molecule has 0 N–H and O–H groups in total. The highest BCUT2D eigenvalue weighted by atomic mass is 16.5. The van der Waals surface area contributed by atoms with Crippen molar-refractivity contribution >= 4 is 5.97 Å². The van der Waals surface area contributed by atoms with Gasteiger partial charge in [0.15, 0.2) is 0 Å². The summed E-state index contributed by atoms with van der Waals surface area (Å²) in [6.07, 6.45) is 1.81. The van der Waals surface area contributed by atoms with Crippen LogP contribution in [0, 0.1) is 5.92 Å². The molecule has 98 valence electrons. The van der Waals surface area contributed by atoms with Crippen molar-refractivity contribution in [1.29, 1.82) is 0 Å². The molecule has 1 heterocycles. The van der Waals surface area contributed by atoms with E-state index < -0.39 is 0 Å². The fourth-order valence-corrected chi connectivity index (χ4v) is 2.65. The minimum atomic E-state index is -0.0544. The van der Waals surface area contributed by atoms with E-state index in [1.54, 1.807) is 0 Å². The van der Waals surface area contributed by atoms with Crippen LogP contribution in [0.2, 0.25) is 0 Å². The van der Waals surface area contributed by atoms with E-state index in [0.29, 0.717) is 6.04 Å². The van der Waals surface area contributed by atoms with Gasteiger partial charge in [0.25, 0.3) is 0 Å². The Hall–Kier alpha value is -1.35. The molecule has 0 unspecified atom stereocenters. The second kappa shape index (κ2) is 6.01. The third kappa shape index (κ3) is 3.10. The Bertz CT molecular complexity index is 391. The van der Waals surface area contributed by atoms with E-state index in [2.05, 4.69) is 36.1 Å². The van der Waals surface area contributed by atoms with Crippen LogP contribution in [0.1, 0.15) is 25.3 Å². The van der Waals surface area contributed by atoms with Crippen LogP contribution in [0.4, 0.5) is 0 Å². The molecule has 2 rings (SSSR count). The quantitative estimate of drug-likeness (QED) is 0.768. The fourth-order valence-electron chi connectivity index (χ4n) is 2.65. The maximum absolute atomic E-state index is 11.5. The number of rotatable bonds is 3.